The van der Waals surface area contributed by atoms with Gasteiger partial charge in [-0.2, -0.15) is 0 Å². The van der Waals surface area contributed by atoms with Crippen LogP contribution in [0.2, 0.25) is 0 Å². The lowest BCUT2D eigenvalue weighted by Gasteiger charge is -2.52. The molecule has 1 fully saturated rings. The molecule has 4 aliphatic rings. The van der Waals surface area contributed by atoms with Crippen LogP contribution in [0.15, 0.2) is 72.8 Å². The number of nitrogens with zero attached hydrogens (tertiary/aromatic N) is 1. The molecule has 4 heteroatoms. The number of hydrogen-bond acceptors (Lipinski definition) is 3. The van der Waals surface area contributed by atoms with E-state index in [9.17, 15) is 14.4 Å². The first-order chi connectivity index (χ1) is 14.9. The average molecular weight is 407 g/mol. The van der Waals surface area contributed by atoms with E-state index in [0.717, 1.165) is 22.3 Å². The molecule has 7 rings (SSSR count). The number of carbonyl (C=O) groups is 3. The molecule has 0 saturated carbocycles. The molecule has 2 atom stereocenters. The van der Waals surface area contributed by atoms with E-state index >= 15 is 0 Å². The van der Waals surface area contributed by atoms with Crippen molar-refractivity contribution in [2.75, 3.05) is 4.90 Å². The lowest BCUT2D eigenvalue weighted by atomic mass is 9.48. The van der Waals surface area contributed by atoms with Crippen molar-refractivity contribution in [3.05, 3.63) is 101 Å². The molecule has 3 aliphatic carbocycles. The van der Waals surface area contributed by atoms with Crippen molar-refractivity contribution >= 4 is 23.3 Å². The standard InChI is InChI=1S/C27H21NO3/c1-15(29)16-8-7-9-17(14-16)28-25(30)23-22-18-10-3-5-12-20(18)27(2,24(23)26(28)31)21-13-6-4-11-19(21)22/h3-14,22-24H,1-2H3/t22?,23-,24-,27?/m0/s1. The van der Waals surface area contributed by atoms with E-state index in [4.69, 9.17) is 0 Å². The molecular formula is C27H21NO3. The van der Waals surface area contributed by atoms with E-state index in [2.05, 4.69) is 31.2 Å². The molecule has 0 radical (unpaired) electrons. The van der Waals surface area contributed by atoms with Gasteiger partial charge in [-0.15, -0.1) is 0 Å². The summed E-state index contributed by atoms with van der Waals surface area (Å²) in [5.74, 6) is -1.48. The molecule has 1 aliphatic heterocycles. The number of imide groups is 1. The van der Waals surface area contributed by atoms with Gasteiger partial charge in [0.25, 0.3) is 0 Å². The van der Waals surface area contributed by atoms with E-state index in [1.807, 2.05) is 24.3 Å². The minimum atomic E-state index is -0.577. The Hall–Kier alpha value is -3.53. The lowest BCUT2D eigenvalue weighted by Crippen LogP contribution is -2.51. The van der Waals surface area contributed by atoms with E-state index < -0.39 is 17.3 Å². The molecule has 0 N–H and O–H groups in total. The zero-order chi connectivity index (χ0) is 21.5. The Morgan fingerprint density at radius 1 is 0.839 bits per heavy atom. The second-order valence-corrected chi connectivity index (χ2v) is 8.98. The van der Waals surface area contributed by atoms with Crippen LogP contribution < -0.4 is 4.90 Å². The summed E-state index contributed by atoms with van der Waals surface area (Å²) in [6.45, 7) is 3.60. The van der Waals surface area contributed by atoms with Crippen LogP contribution >= 0.6 is 0 Å². The Balaban J connectivity index is 1.58. The van der Waals surface area contributed by atoms with Gasteiger partial charge in [0.2, 0.25) is 11.8 Å². The minimum Gasteiger partial charge on any atom is -0.295 e. The minimum absolute atomic E-state index is 0.0924. The lowest BCUT2D eigenvalue weighted by molar-refractivity contribution is -0.123. The molecule has 31 heavy (non-hydrogen) atoms. The van der Waals surface area contributed by atoms with Crippen LogP contribution in [0.5, 0.6) is 0 Å². The fourth-order valence-corrected chi connectivity index (χ4v) is 6.27. The number of rotatable bonds is 2. The molecular weight excluding hydrogens is 386 g/mol. The highest BCUT2D eigenvalue weighted by Gasteiger charge is 2.66. The van der Waals surface area contributed by atoms with Gasteiger partial charge < -0.3 is 0 Å². The first-order valence-electron chi connectivity index (χ1n) is 10.6. The van der Waals surface area contributed by atoms with Crippen LogP contribution in [0.25, 0.3) is 0 Å². The van der Waals surface area contributed by atoms with Crippen molar-refractivity contribution in [2.45, 2.75) is 25.2 Å². The zero-order valence-electron chi connectivity index (χ0n) is 17.3. The van der Waals surface area contributed by atoms with Gasteiger partial charge in [-0.05, 0) is 41.3 Å². The van der Waals surface area contributed by atoms with Crippen molar-refractivity contribution < 1.29 is 14.4 Å². The van der Waals surface area contributed by atoms with Gasteiger partial charge in [0, 0.05) is 16.9 Å². The Kier molecular flexibility index (Phi) is 3.54. The van der Waals surface area contributed by atoms with Gasteiger partial charge in [-0.3, -0.25) is 14.4 Å². The van der Waals surface area contributed by atoms with Crippen LogP contribution in [0.1, 0.15) is 52.4 Å². The first-order valence-corrected chi connectivity index (χ1v) is 10.6. The molecule has 0 unspecified atom stereocenters. The predicted octanol–water partition coefficient (Wildman–Crippen LogP) is 4.46. The fourth-order valence-electron chi connectivity index (χ4n) is 6.27. The molecule has 2 bridgehead atoms. The van der Waals surface area contributed by atoms with Gasteiger partial charge in [0.1, 0.15) is 0 Å². The topological polar surface area (TPSA) is 54.5 Å². The molecule has 2 amide bonds. The normalized spacial score (nSPS) is 27.7. The molecule has 3 aromatic carbocycles. The van der Waals surface area contributed by atoms with Crippen molar-refractivity contribution in [1.82, 2.24) is 0 Å². The number of hydrogen-bond donors (Lipinski definition) is 0. The third kappa shape index (κ3) is 2.12. The van der Waals surface area contributed by atoms with Crippen molar-refractivity contribution in [3.8, 4) is 0 Å². The second kappa shape index (κ2) is 6.01. The SMILES string of the molecule is CC(=O)c1cccc(N2C(=O)[C@@H]3[C@@H](C2=O)C2c4ccccc4C3(C)c3ccccc32)c1. The van der Waals surface area contributed by atoms with Crippen LogP contribution in [0, 0.1) is 11.8 Å². The fraction of sp³-hybridized carbons (Fsp3) is 0.222. The maximum Gasteiger partial charge on any atom is 0.238 e. The van der Waals surface area contributed by atoms with Crippen LogP contribution in [-0.2, 0) is 15.0 Å². The Labute approximate surface area is 180 Å². The van der Waals surface area contributed by atoms with Gasteiger partial charge in [0.05, 0.1) is 17.5 Å². The summed E-state index contributed by atoms with van der Waals surface area (Å²) in [6, 6.07) is 23.3. The number of Topliss-reactive ketones (excluding diaryl/α,β-unsaturated/α-hetero) is 1. The third-order valence-corrected chi connectivity index (χ3v) is 7.55. The molecule has 0 aromatic heterocycles. The highest BCUT2D eigenvalue weighted by Crippen LogP contribution is 2.64. The molecule has 0 spiro atoms. The second-order valence-electron chi connectivity index (χ2n) is 8.98. The molecule has 4 nitrogen and oxygen atoms in total. The van der Waals surface area contributed by atoms with Crippen LogP contribution in [0.4, 0.5) is 5.69 Å². The molecule has 3 aromatic rings. The van der Waals surface area contributed by atoms with Gasteiger partial charge in [0.15, 0.2) is 5.78 Å². The van der Waals surface area contributed by atoms with Gasteiger partial charge in [-0.1, -0.05) is 67.6 Å². The van der Waals surface area contributed by atoms with E-state index in [0.29, 0.717) is 11.3 Å². The molecule has 152 valence electrons. The predicted molar refractivity (Wildman–Crippen MR) is 117 cm³/mol. The highest BCUT2D eigenvalue weighted by molar-refractivity contribution is 6.24. The molecule has 1 heterocycles. The van der Waals surface area contributed by atoms with E-state index in [1.54, 1.807) is 24.3 Å². The van der Waals surface area contributed by atoms with Crippen molar-refractivity contribution in [2.24, 2.45) is 11.8 Å². The quantitative estimate of drug-likeness (QED) is 0.466. The Morgan fingerprint density at radius 2 is 1.45 bits per heavy atom. The summed E-state index contributed by atoms with van der Waals surface area (Å²) < 4.78 is 0. The summed E-state index contributed by atoms with van der Waals surface area (Å²) in [4.78, 5) is 40.9. The summed E-state index contributed by atoms with van der Waals surface area (Å²) in [6.07, 6.45) is 0. The van der Waals surface area contributed by atoms with Crippen molar-refractivity contribution in [1.29, 1.82) is 0 Å². The maximum atomic E-state index is 13.9. The third-order valence-electron chi connectivity index (χ3n) is 7.55. The van der Waals surface area contributed by atoms with Crippen LogP contribution in [-0.4, -0.2) is 17.6 Å². The number of carbonyl (C=O) groups excluding carboxylic acids is 3. The number of benzene rings is 3. The maximum absolute atomic E-state index is 13.9. The highest BCUT2D eigenvalue weighted by atomic mass is 16.2. The Morgan fingerprint density at radius 3 is 2.06 bits per heavy atom. The van der Waals surface area contributed by atoms with E-state index in [1.165, 1.54) is 11.8 Å². The number of ketones is 1. The van der Waals surface area contributed by atoms with Gasteiger partial charge >= 0.3 is 0 Å². The monoisotopic (exact) mass is 407 g/mol. The van der Waals surface area contributed by atoms with Crippen LogP contribution in [0.3, 0.4) is 0 Å². The summed E-state index contributed by atoms with van der Waals surface area (Å²) in [7, 11) is 0. The summed E-state index contributed by atoms with van der Waals surface area (Å²) >= 11 is 0. The summed E-state index contributed by atoms with van der Waals surface area (Å²) in [5, 5.41) is 0. The smallest absolute Gasteiger partial charge is 0.238 e. The van der Waals surface area contributed by atoms with Crippen molar-refractivity contribution in [3.63, 3.8) is 0 Å². The summed E-state index contributed by atoms with van der Waals surface area (Å²) in [5.41, 5.74) is 4.96. The van der Waals surface area contributed by atoms with Gasteiger partial charge in [-0.25, -0.2) is 4.90 Å². The number of anilines is 1. The van der Waals surface area contributed by atoms with E-state index in [-0.39, 0.29) is 23.5 Å². The first kappa shape index (κ1) is 18.3. The zero-order valence-corrected chi connectivity index (χ0v) is 17.3. The Bertz CT molecular complexity index is 1260. The largest absolute Gasteiger partial charge is 0.295 e. The molecule has 1 saturated heterocycles. The average Bonchev–Trinajstić information content (AvgIpc) is 3.06. The number of amides is 2.